The summed E-state index contributed by atoms with van der Waals surface area (Å²) in [5.74, 6) is 0.730. The molecule has 0 spiro atoms. The zero-order chi connectivity index (χ0) is 15.9. The van der Waals surface area contributed by atoms with E-state index in [1.165, 1.54) is 5.56 Å². The van der Waals surface area contributed by atoms with E-state index in [2.05, 4.69) is 11.4 Å². The summed E-state index contributed by atoms with van der Waals surface area (Å²) >= 11 is 0. The van der Waals surface area contributed by atoms with Gasteiger partial charge in [-0.05, 0) is 55.3 Å². The lowest BCUT2D eigenvalue weighted by molar-refractivity contribution is 0.104. The van der Waals surface area contributed by atoms with Crippen molar-refractivity contribution in [1.82, 2.24) is 0 Å². The molecule has 3 nitrogen and oxygen atoms in total. The van der Waals surface area contributed by atoms with E-state index in [1.807, 2.05) is 32.0 Å². The molecule has 114 valence electrons. The minimum absolute atomic E-state index is 0.0142. The Hall–Kier alpha value is -2.55. The molecule has 0 unspecified atom stereocenters. The highest BCUT2D eigenvalue weighted by Gasteiger charge is 2.05. The molecule has 0 saturated heterocycles. The largest absolute Gasteiger partial charge is 0.497 e. The number of ether oxygens (including phenoxy) is 1. The zero-order valence-electron chi connectivity index (χ0n) is 13.2. The van der Waals surface area contributed by atoms with Gasteiger partial charge >= 0.3 is 0 Å². The van der Waals surface area contributed by atoms with Gasteiger partial charge in [0.2, 0.25) is 0 Å². The van der Waals surface area contributed by atoms with Crippen LogP contribution in [0.4, 0.5) is 5.69 Å². The van der Waals surface area contributed by atoms with E-state index in [0.717, 1.165) is 23.6 Å². The number of nitrogens with one attached hydrogen (secondary N) is 1. The van der Waals surface area contributed by atoms with Crippen LogP contribution in [0.2, 0.25) is 0 Å². The average molecular weight is 295 g/mol. The topological polar surface area (TPSA) is 38.3 Å². The number of carbonyl (C=O) groups excluding carboxylic acids is 1. The molecule has 2 aromatic rings. The normalized spacial score (nSPS) is 11.1. The van der Waals surface area contributed by atoms with Crippen LogP contribution >= 0.6 is 0 Å². The van der Waals surface area contributed by atoms with E-state index < -0.39 is 0 Å². The highest BCUT2D eigenvalue weighted by molar-refractivity contribution is 6.05. The number of carbonyl (C=O) groups is 1. The van der Waals surface area contributed by atoms with Gasteiger partial charge in [-0.1, -0.05) is 19.1 Å². The number of rotatable bonds is 6. The van der Waals surface area contributed by atoms with Crippen molar-refractivity contribution in [1.29, 1.82) is 0 Å². The van der Waals surface area contributed by atoms with Crippen LogP contribution in [0.1, 0.15) is 29.3 Å². The van der Waals surface area contributed by atoms with Gasteiger partial charge in [-0.3, -0.25) is 4.79 Å². The first-order valence-corrected chi connectivity index (χ1v) is 7.35. The van der Waals surface area contributed by atoms with Crippen molar-refractivity contribution in [3.63, 3.8) is 0 Å². The van der Waals surface area contributed by atoms with Crippen LogP contribution < -0.4 is 10.1 Å². The lowest BCUT2D eigenvalue weighted by Gasteiger charge is -2.10. The van der Waals surface area contributed by atoms with Crippen LogP contribution in [0.25, 0.3) is 0 Å². The summed E-state index contributed by atoms with van der Waals surface area (Å²) in [6, 6.07) is 15.2. The lowest BCUT2D eigenvalue weighted by Crippen LogP contribution is -2.03. The van der Waals surface area contributed by atoms with Crippen LogP contribution in [-0.4, -0.2) is 12.9 Å². The fourth-order valence-corrected chi connectivity index (χ4v) is 2.13. The third-order valence-electron chi connectivity index (χ3n) is 3.38. The van der Waals surface area contributed by atoms with Crippen molar-refractivity contribution in [2.45, 2.75) is 20.3 Å². The Morgan fingerprint density at radius 1 is 1.18 bits per heavy atom. The molecule has 0 aliphatic rings. The maximum absolute atomic E-state index is 12.3. The van der Waals surface area contributed by atoms with Gasteiger partial charge in [0, 0.05) is 23.0 Å². The predicted octanol–water partition coefficient (Wildman–Crippen LogP) is 4.59. The molecule has 0 heterocycles. The van der Waals surface area contributed by atoms with Gasteiger partial charge in [0.15, 0.2) is 5.78 Å². The van der Waals surface area contributed by atoms with Crippen molar-refractivity contribution in [3.05, 3.63) is 71.4 Å². The third kappa shape index (κ3) is 4.22. The smallest absolute Gasteiger partial charge is 0.187 e. The summed E-state index contributed by atoms with van der Waals surface area (Å²) in [7, 11) is 1.61. The Morgan fingerprint density at radius 2 is 1.91 bits per heavy atom. The minimum Gasteiger partial charge on any atom is -0.497 e. The summed E-state index contributed by atoms with van der Waals surface area (Å²) in [5, 5.41) is 3.31. The molecule has 2 rings (SSSR count). The Balaban J connectivity index is 2.14. The molecule has 0 bridgehead atoms. The lowest BCUT2D eigenvalue weighted by atomic mass is 10.1. The Labute approximate surface area is 131 Å². The number of allylic oxidation sites excluding steroid dienone is 2. The molecule has 3 heteroatoms. The van der Waals surface area contributed by atoms with Crippen molar-refractivity contribution >= 4 is 11.5 Å². The van der Waals surface area contributed by atoms with Crippen LogP contribution in [0.5, 0.6) is 5.75 Å². The first kappa shape index (κ1) is 15.8. The standard InChI is InChI=1S/C19H21NO2/c1-4-16(20-17-7-5-6-14(2)12-17)13-19(21)15-8-10-18(22-3)11-9-15/h5-13,20H,4H2,1-3H3/b16-13+. The number of benzene rings is 2. The summed E-state index contributed by atoms with van der Waals surface area (Å²) in [6.45, 7) is 4.07. The van der Waals surface area contributed by atoms with Crippen LogP contribution in [0.15, 0.2) is 60.3 Å². The first-order chi connectivity index (χ1) is 10.6. The van der Waals surface area contributed by atoms with Gasteiger partial charge < -0.3 is 10.1 Å². The number of hydrogen-bond donors (Lipinski definition) is 1. The number of methoxy groups -OCH3 is 1. The molecule has 1 N–H and O–H groups in total. The second-order valence-corrected chi connectivity index (χ2v) is 5.11. The number of anilines is 1. The SMILES string of the molecule is CC/C(=C\C(=O)c1ccc(OC)cc1)Nc1cccc(C)c1. The fraction of sp³-hybridized carbons (Fsp3) is 0.211. The molecule has 22 heavy (non-hydrogen) atoms. The first-order valence-electron chi connectivity index (χ1n) is 7.35. The monoisotopic (exact) mass is 295 g/mol. The molecule has 0 aliphatic heterocycles. The average Bonchev–Trinajstić information content (AvgIpc) is 2.54. The van der Waals surface area contributed by atoms with E-state index in [9.17, 15) is 4.79 Å². The Kier molecular flexibility index (Phi) is 5.37. The van der Waals surface area contributed by atoms with Gasteiger partial charge in [-0.15, -0.1) is 0 Å². The summed E-state index contributed by atoms with van der Waals surface area (Å²) in [5.41, 5.74) is 3.72. The van der Waals surface area contributed by atoms with Crippen LogP contribution in [0.3, 0.4) is 0 Å². The number of aryl methyl sites for hydroxylation is 1. The highest BCUT2D eigenvalue weighted by atomic mass is 16.5. The molecular weight excluding hydrogens is 274 g/mol. The van der Waals surface area contributed by atoms with Gasteiger partial charge in [-0.2, -0.15) is 0 Å². The van der Waals surface area contributed by atoms with E-state index in [1.54, 1.807) is 37.5 Å². The second-order valence-electron chi connectivity index (χ2n) is 5.11. The van der Waals surface area contributed by atoms with Crippen molar-refractivity contribution in [2.24, 2.45) is 0 Å². The quantitative estimate of drug-likeness (QED) is 0.625. The van der Waals surface area contributed by atoms with E-state index in [4.69, 9.17) is 4.74 Å². The molecule has 0 amide bonds. The van der Waals surface area contributed by atoms with Gasteiger partial charge in [-0.25, -0.2) is 0 Å². The van der Waals surface area contributed by atoms with E-state index in [0.29, 0.717) is 5.56 Å². The Bertz CT molecular complexity index is 672. The molecule has 0 atom stereocenters. The minimum atomic E-state index is -0.0142. The van der Waals surface area contributed by atoms with Crippen LogP contribution in [0, 0.1) is 6.92 Å². The zero-order valence-corrected chi connectivity index (χ0v) is 13.2. The predicted molar refractivity (Wildman–Crippen MR) is 90.5 cm³/mol. The van der Waals surface area contributed by atoms with Gasteiger partial charge in [0.1, 0.15) is 5.75 Å². The maximum atomic E-state index is 12.3. The summed E-state index contributed by atoms with van der Waals surface area (Å²) < 4.78 is 5.10. The molecule has 0 aliphatic carbocycles. The second kappa shape index (κ2) is 7.46. The highest BCUT2D eigenvalue weighted by Crippen LogP contribution is 2.16. The molecule has 0 saturated carbocycles. The van der Waals surface area contributed by atoms with Crippen molar-refractivity contribution < 1.29 is 9.53 Å². The van der Waals surface area contributed by atoms with Gasteiger partial charge in [0.25, 0.3) is 0 Å². The molecule has 0 radical (unpaired) electrons. The Morgan fingerprint density at radius 3 is 2.50 bits per heavy atom. The van der Waals surface area contributed by atoms with E-state index in [-0.39, 0.29) is 5.78 Å². The van der Waals surface area contributed by atoms with E-state index >= 15 is 0 Å². The molecular formula is C19H21NO2. The summed E-state index contributed by atoms with van der Waals surface area (Å²) in [6.07, 6.45) is 2.42. The number of hydrogen-bond acceptors (Lipinski definition) is 3. The fourth-order valence-electron chi connectivity index (χ4n) is 2.13. The number of ketones is 1. The van der Waals surface area contributed by atoms with Crippen molar-refractivity contribution in [3.8, 4) is 5.75 Å². The van der Waals surface area contributed by atoms with Gasteiger partial charge in [0.05, 0.1) is 7.11 Å². The molecule has 2 aromatic carbocycles. The van der Waals surface area contributed by atoms with Crippen LogP contribution in [-0.2, 0) is 0 Å². The summed E-state index contributed by atoms with van der Waals surface area (Å²) in [4.78, 5) is 12.3. The molecule has 0 aromatic heterocycles. The maximum Gasteiger partial charge on any atom is 0.187 e. The molecule has 0 fully saturated rings. The third-order valence-corrected chi connectivity index (χ3v) is 3.38. The van der Waals surface area contributed by atoms with Crippen molar-refractivity contribution in [2.75, 3.05) is 12.4 Å².